The average Bonchev–Trinajstić information content (AvgIpc) is 3.43. The molecule has 1 aliphatic rings. The molecule has 40 heavy (non-hydrogen) atoms. The zero-order chi connectivity index (χ0) is 29.1. The second kappa shape index (κ2) is 15.0. The summed E-state index contributed by atoms with van der Waals surface area (Å²) in [6.45, 7) is 14.8. The van der Waals surface area contributed by atoms with E-state index in [0.29, 0.717) is 23.9 Å². The van der Waals surface area contributed by atoms with Gasteiger partial charge in [0.15, 0.2) is 11.5 Å². The summed E-state index contributed by atoms with van der Waals surface area (Å²) in [5, 5.41) is 13.0. The lowest BCUT2D eigenvalue weighted by Gasteiger charge is -2.35. The first-order valence-corrected chi connectivity index (χ1v) is 13.4. The third-order valence-corrected chi connectivity index (χ3v) is 6.51. The summed E-state index contributed by atoms with van der Waals surface area (Å²) in [7, 11) is 3.24. The second-order valence-corrected chi connectivity index (χ2v) is 9.50. The van der Waals surface area contributed by atoms with Crippen LogP contribution >= 0.6 is 0 Å². The highest BCUT2D eigenvalue weighted by Crippen LogP contribution is 2.41. The smallest absolute Gasteiger partial charge is 0.204 e. The molecule has 1 aliphatic heterocycles. The number of likely N-dealkylation sites (tertiary alicyclic amines) is 1. The number of nitrogens with one attached hydrogen (secondary N) is 1. The van der Waals surface area contributed by atoms with Crippen LogP contribution in [0.1, 0.15) is 31.9 Å². The second-order valence-electron chi connectivity index (χ2n) is 9.50. The van der Waals surface area contributed by atoms with Crippen molar-refractivity contribution in [2.75, 3.05) is 32.6 Å². The molecule has 2 aromatic carbocycles. The van der Waals surface area contributed by atoms with Gasteiger partial charge in [0.05, 0.1) is 20.3 Å². The highest BCUT2D eigenvalue weighted by molar-refractivity contribution is 5.99. The quantitative estimate of drug-likeness (QED) is 0.182. The van der Waals surface area contributed by atoms with Gasteiger partial charge in [-0.2, -0.15) is 0 Å². The van der Waals surface area contributed by atoms with Crippen molar-refractivity contribution in [1.82, 2.24) is 9.47 Å². The molecule has 1 fully saturated rings. The number of nitrogens with zero attached hydrogens (tertiary/aromatic N) is 3. The van der Waals surface area contributed by atoms with Crippen LogP contribution in [0.15, 0.2) is 90.7 Å². The monoisotopic (exact) mass is 546 g/mol. The largest absolute Gasteiger partial charge is 0.493 e. The molecule has 1 atom stereocenters. The van der Waals surface area contributed by atoms with Gasteiger partial charge in [0.1, 0.15) is 18.6 Å². The third-order valence-electron chi connectivity index (χ3n) is 6.51. The Balaban J connectivity index is 0.00000216. The first-order valence-electron chi connectivity index (χ1n) is 13.4. The van der Waals surface area contributed by atoms with E-state index in [-0.39, 0.29) is 12.3 Å². The molecule has 0 spiro atoms. The molecule has 0 aliphatic carbocycles. The van der Waals surface area contributed by atoms with E-state index in [0.717, 1.165) is 42.3 Å². The Hall–Kier alpha value is -4.01. The number of allylic oxidation sites excluding steroid dienone is 2. The van der Waals surface area contributed by atoms with Crippen molar-refractivity contribution in [1.29, 1.82) is 0 Å². The summed E-state index contributed by atoms with van der Waals surface area (Å²) in [6.07, 6.45) is 5.76. The predicted molar refractivity (Wildman–Crippen MR) is 163 cm³/mol. The molecule has 2 N–H and O–H groups in total. The summed E-state index contributed by atoms with van der Waals surface area (Å²) in [4.78, 5) is 7.22. The molecule has 214 valence electrons. The Bertz CT molecular complexity index is 1250. The molecule has 0 radical (unpaired) electrons. The molecular weight excluding hydrogens is 504 g/mol. The van der Waals surface area contributed by atoms with E-state index in [9.17, 15) is 5.11 Å². The summed E-state index contributed by atoms with van der Waals surface area (Å²) < 4.78 is 19.4. The number of ether oxygens (including phenoxy) is 3. The highest BCUT2D eigenvalue weighted by Gasteiger charge is 2.24. The van der Waals surface area contributed by atoms with E-state index in [2.05, 4.69) is 53.2 Å². The number of hydrogen-bond acceptors (Lipinski definition) is 7. The number of methoxy groups -OCH3 is 2. The van der Waals surface area contributed by atoms with Crippen LogP contribution in [0, 0.1) is 0 Å². The maximum atomic E-state index is 9.57. The van der Waals surface area contributed by atoms with E-state index < -0.39 is 0 Å². The number of aliphatic imine (C=N–C) groups is 1. The minimum Gasteiger partial charge on any atom is -0.493 e. The molecule has 0 bridgehead atoms. The molecule has 0 saturated carbocycles. The number of anilines is 1. The lowest BCUT2D eigenvalue weighted by Crippen LogP contribution is -2.49. The van der Waals surface area contributed by atoms with E-state index in [1.807, 2.05) is 62.5 Å². The van der Waals surface area contributed by atoms with Gasteiger partial charge in [0.25, 0.3) is 0 Å². The van der Waals surface area contributed by atoms with Crippen LogP contribution in [0.5, 0.6) is 17.2 Å². The Morgan fingerprint density at radius 2 is 1.75 bits per heavy atom. The van der Waals surface area contributed by atoms with Crippen molar-refractivity contribution in [2.45, 2.75) is 46.2 Å². The summed E-state index contributed by atoms with van der Waals surface area (Å²) in [5.74, 6) is 2.58. The van der Waals surface area contributed by atoms with Gasteiger partial charge in [0.2, 0.25) is 5.75 Å². The van der Waals surface area contributed by atoms with Crippen LogP contribution in [0.4, 0.5) is 5.69 Å². The van der Waals surface area contributed by atoms with Gasteiger partial charge in [-0.05, 0) is 43.5 Å². The Morgan fingerprint density at radius 3 is 2.33 bits per heavy atom. The van der Waals surface area contributed by atoms with E-state index in [1.54, 1.807) is 14.2 Å². The maximum Gasteiger partial charge on any atom is 0.204 e. The van der Waals surface area contributed by atoms with Crippen molar-refractivity contribution in [3.63, 3.8) is 0 Å². The maximum absolute atomic E-state index is 9.57. The normalized spacial score (nSPS) is 14.9. The fraction of sp³-hybridized carbons (Fsp3) is 0.344. The molecule has 1 saturated heterocycles. The first kappa shape index (κ1) is 30.5. The Labute approximate surface area is 238 Å². The van der Waals surface area contributed by atoms with Crippen LogP contribution < -0.4 is 19.5 Å². The van der Waals surface area contributed by atoms with E-state index in [4.69, 9.17) is 19.2 Å². The van der Waals surface area contributed by atoms with Crippen LogP contribution in [0.2, 0.25) is 0 Å². The van der Waals surface area contributed by atoms with Crippen LogP contribution in [0.3, 0.4) is 0 Å². The van der Waals surface area contributed by atoms with Gasteiger partial charge in [-0.25, -0.2) is 4.99 Å². The fourth-order valence-electron chi connectivity index (χ4n) is 4.39. The van der Waals surface area contributed by atoms with Crippen molar-refractivity contribution >= 4 is 11.5 Å². The van der Waals surface area contributed by atoms with Crippen LogP contribution in [-0.4, -0.2) is 60.0 Å². The van der Waals surface area contributed by atoms with Gasteiger partial charge in [-0.1, -0.05) is 36.4 Å². The molecule has 0 amide bonds. The molecule has 3 aromatic rings. The molecule has 2 heterocycles. The number of β-amino-alcohol motifs (C(OH)–C–C–N with tert-alkyl or cyclic N) is 1. The zero-order valence-corrected chi connectivity index (χ0v) is 24.3. The van der Waals surface area contributed by atoms with Gasteiger partial charge in [-0.3, -0.25) is 4.90 Å². The molecule has 1 aromatic heterocycles. The minimum atomic E-state index is -0.234. The zero-order valence-electron chi connectivity index (χ0n) is 24.3. The Kier molecular flexibility index (Phi) is 11.4. The molecule has 1 unspecified atom stereocenters. The number of rotatable bonds is 11. The first-order chi connectivity index (χ1) is 19.4. The van der Waals surface area contributed by atoms with Crippen molar-refractivity contribution in [3.8, 4) is 17.2 Å². The lowest BCUT2D eigenvalue weighted by molar-refractivity contribution is -0.00285. The fourth-order valence-corrected chi connectivity index (χ4v) is 4.39. The molecule has 4 rings (SSSR count). The topological polar surface area (TPSA) is 80.5 Å². The highest BCUT2D eigenvalue weighted by atomic mass is 16.5. The SMILES string of the molecule is C/C=C(C)\C(=N/C(C)Nc1cc(OC)c(OCc2ccccc2)c(OC)c1)n1ccc(CN2CC(O)C2)c1.C=C. The number of aromatic nitrogens is 1. The summed E-state index contributed by atoms with van der Waals surface area (Å²) in [5.41, 5.74) is 4.13. The number of benzene rings is 2. The van der Waals surface area contributed by atoms with Gasteiger partial charge in [-0.15, -0.1) is 13.2 Å². The van der Waals surface area contributed by atoms with Gasteiger partial charge in [0, 0.05) is 49.8 Å². The van der Waals surface area contributed by atoms with E-state index in [1.165, 1.54) is 5.56 Å². The van der Waals surface area contributed by atoms with Crippen molar-refractivity contribution in [2.24, 2.45) is 4.99 Å². The minimum absolute atomic E-state index is 0.201. The number of aliphatic hydroxyl groups excluding tert-OH is 1. The van der Waals surface area contributed by atoms with Crippen LogP contribution in [0.25, 0.3) is 0 Å². The van der Waals surface area contributed by atoms with Gasteiger partial charge < -0.3 is 29.2 Å². The summed E-state index contributed by atoms with van der Waals surface area (Å²) >= 11 is 0. The molecular formula is C32H42N4O4. The average molecular weight is 547 g/mol. The van der Waals surface area contributed by atoms with Gasteiger partial charge >= 0.3 is 0 Å². The molecule has 8 heteroatoms. The number of hydrogen-bond donors (Lipinski definition) is 2. The Morgan fingerprint density at radius 1 is 1.10 bits per heavy atom. The summed E-state index contributed by atoms with van der Waals surface area (Å²) in [6, 6.07) is 15.9. The third kappa shape index (κ3) is 8.00. The standard InChI is InChI=1S/C30H38N4O4.C2H4/c1-6-21(2)30(34-13-12-24(17-34)16-33-18-26(35)19-33)32-22(3)31-25-14-27(36-4)29(28(15-25)37-5)38-20-23-10-8-7-9-11-23;1-2/h6-15,17,22,26,31,35H,16,18-20H2,1-5H3;1-2H2/b21-6-,32-30+;. The molecule has 8 nitrogen and oxygen atoms in total. The predicted octanol–water partition coefficient (Wildman–Crippen LogP) is 5.73. The van der Waals surface area contributed by atoms with Crippen molar-refractivity contribution in [3.05, 3.63) is 96.9 Å². The lowest BCUT2D eigenvalue weighted by atomic mass is 10.1. The van der Waals surface area contributed by atoms with Crippen LogP contribution in [-0.2, 0) is 13.2 Å². The number of aliphatic hydroxyl groups is 1. The van der Waals surface area contributed by atoms with E-state index >= 15 is 0 Å². The van der Waals surface area contributed by atoms with Crippen molar-refractivity contribution < 1.29 is 19.3 Å².